The third-order valence-electron chi connectivity index (χ3n) is 3.48. The van der Waals surface area contributed by atoms with Crippen LogP contribution in [0, 0.1) is 6.92 Å². The summed E-state index contributed by atoms with van der Waals surface area (Å²) in [7, 11) is 0. The highest BCUT2D eigenvalue weighted by Gasteiger charge is 2.11. The van der Waals surface area contributed by atoms with Gasteiger partial charge in [-0.3, -0.25) is 0 Å². The molecule has 0 amide bonds. The van der Waals surface area contributed by atoms with Crippen LogP contribution in [0.3, 0.4) is 0 Å². The standard InChI is InChI=1S/C14H16N4/c1-9-13(15)16-8-17-14(9)18-12-6-5-10-3-2-4-11(10)7-12/h5-8H,2-4H2,1H3,(H3,15,16,17,18). The average Bonchev–Trinajstić information content (AvgIpc) is 2.82. The number of nitrogens with two attached hydrogens (primary N) is 1. The number of fused-ring (bicyclic) bond motifs is 1. The van der Waals surface area contributed by atoms with Gasteiger partial charge in [-0.1, -0.05) is 6.07 Å². The fourth-order valence-electron chi connectivity index (χ4n) is 2.38. The van der Waals surface area contributed by atoms with E-state index in [0.717, 1.165) is 17.1 Å². The molecule has 4 heteroatoms. The normalized spacial score (nSPS) is 13.4. The molecule has 0 saturated heterocycles. The summed E-state index contributed by atoms with van der Waals surface area (Å²) in [6.07, 6.45) is 5.13. The van der Waals surface area contributed by atoms with Gasteiger partial charge in [0.2, 0.25) is 0 Å². The summed E-state index contributed by atoms with van der Waals surface area (Å²) in [4.78, 5) is 8.19. The molecule has 1 aromatic heterocycles. The van der Waals surface area contributed by atoms with E-state index in [4.69, 9.17) is 5.73 Å². The van der Waals surface area contributed by atoms with Crippen molar-refractivity contribution in [1.29, 1.82) is 0 Å². The average molecular weight is 240 g/mol. The van der Waals surface area contributed by atoms with Crippen molar-refractivity contribution in [2.24, 2.45) is 0 Å². The predicted octanol–water partition coefficient (Wildman–Crippen LogP) is 2.60. The number of hydrogen-bond donors (Lipinski definition) is 2. The Hall–Kier alpha value is -2.10. The Bertz CT molecular complexity index is 592. The maximum atomic E-state index is 5.77. The molecule has 0 spiro atoms. The summed E-state index contributed by atoms with van der Waals surface area (Å²) in [6, 6.07) is 6.51. The van der Waals surface area contributed by atoms with Crippen LogP contribution >= 0.6 is 0 Å². The Kier molecular flexibility index (Phi) is 2.63. The first kappa shape index (κ1) is 11.0. The zero-order valence-electron chi connectivity index (χ0n) is 10.4. The van der Waals surface area contributed by atoms with Gasteiger partial charge in [0.05, 0.1) is 0 Å². The highest BCUT2D eigenvalue weighted by atomic mass is 15.0. The zero-order valence-corrected chi connectivity index (χ0v) is 10.4. The Morgan fingerprint density at radius 3 is 2.89 bits per heavy atom. The van der Waals surface area contributed by atoms with Gasteiger partial charge in [-0.2, -0.15) is 0 Å². The first-order valence-electron chi connectivity index (χ1n) is 6.20. The van der Waals surface area contributed by atoms with E-state index in [9.17, 15) is 0 Å². The van der Waals surface area contributed by atoms with E-state index in [1.165, 1.54) is 36.7 Å². The van der Waals surface area contributed by atoms with E-state index >= 15 is 0 Å². The van der Waals surface area contributed by atoms with Crippen molar-refractivity contribution in [3.8, 4) is 0 Å². The topological polar surface area (TPSA) is 63.8 Å². The van der Waals surface area contributed by atoms with Gasteiger partial charge >= 0.3 is 0 Å². The first-order chi connectivity index (χ1) is 8.74. The van der Waals surface area contributed by atoms with Gasteiger partial charge in [-0.15, -0.1) is 0 Å². The summed E-state index contributed by atoms with van der Waals surface area (Å²) >= 11 is 0. The number of aryl methyl sites for hydroxylation is 2. The molecule has 0 radical (unpaired) electrons. The summed E-state index contributed by atoms with van der Waals surface area (Å²) < 4.78 is 0. The summed E-state index contributed by atoms with van der Waals surface area (Å²) in [5.74, 6) is 1.30. The predicted molar refractivity (Wildman–Crippen MR) is 72.9 cm³/mol. The molecule has 2 aromatic rings. The Labute approximate surface area is 106 Å². The van der Waals surface area contributed by atoms with E-state index in [-0.39, 0.29) is 0 Å². The lowest BCUT2D eigenvalue weighted by Gasteiger charge is -2.10. The molecule has 18 heavy (non-hydrogen) atoms. The molecule has 1 heterocycles. The summed E-state index contributed by atoms with van der Waals surface area (Å²) in [5, 5.41) is 3.31. The van der Waals surface area contributed by atoms with Crippen LogP contribution < -0.4 is 11.1 Å². The second kappa shape index (κ2) is 4.29. The van der Waals surface area contributed by atoms with Gasteiger partial charge in [0.15, 0.2) is 0 Å². The number of hydrogen-bond acceptors (Lipinski definition) is 4. The van der Waals surface area contributed by atoms with Gasteiger partial charge in [0.25, 0.3) is 0 Å². The van der Waals surface area contributed by atoms with Crippen LogP contribution in [0.25, 0.3) is 0 Å². The number of benzene rings is 1. The Morgan fingerprint density at radius 1 is 1.17 bits per heavy atom. The summed E-state index contributed by atoms with van der Waals surface area (Å²) in [6.45, 7) is 1.92. The van der Waals surface area contributed by atoms with Crippen LogP contribution in [-0.4, -0.2) is 9.97 Å². The Morgan fingerprint density at radius 2 is 2.00 bits per heavy atom. The van der Waals surface area contributed by atoms with E-state index in [1.54, 1.807) is 0 Å². The van der Waals surface area contributed by atoms with Crippen molar-refractivity contribution >= 4 is 17.3 Å². The zero-order chi connectivity index (χ0) is 12.5. The first-order valence-corrected chi connectivity index (χ1v) is 6.20. The minimum Gasteiger partial charge on any atom is -0.383 e. The lowest BCUT2D eigenvalue weighted by atomic mass is 10.1. The van der Waals surface area contributed by atoms with E-state index < -0.39 is 0 Å². The molecule has 0 atom stereocenters. The summed E-state index contributed by atoms with van der Waals surface area (Å²) in [5.41, 5.74) is 10.6. The van der Waals surface area contributed by atoms with Crippen molar-refractivity contribution in [2.45, 2.75) is 26.2 Å². The quantitative estimate of drug-likeness (QED) is 0.847. The largest absolute Gasteiger partial charge is 0.383 e. The van der Waals surface area contributed by atoms with Gasteiger partial charge in [0.1, 0.15) is 18.0 Å². The number of nitrogens with one attached hydrogen (secondary N) is 1. The van der Waals surface area contributed by atoms with Crippen LogP contribution in [0.1, 0.15) is 23.1 Å². The van der Waals surface area contributed by atoms with Gasteiger partial charge in [0, 0.05) is 11.3 Å². The molecule has 3 N–H and O–H groups in total. The van der Waals surface area contributed by atoms with Crippen molar-refractivity contribution in [3.05, 3.63) is 41.2 Å². The minimum atomic E-state index is 0.522. The fraction of sp³-hybridized carbons (Fsp3) is 0.286. The SMILES string of the molecule is Cc1c(N)ncnc1Nc1ccc2c(c1)CCC2. The Balaban J connectivity index is 1.90. The molecule has 0 aliphatic heterocycles. The fourth-order valence-corrected chi connectivity index (χ4v) is 2.38. The molecule has 1 aliphatic carbocycles. The molecule has 1 aliphatic rings. The molecule has 0 bridgehead atoms. The molecule has 0 unspecified atom stereocenters. The number of anilines is 3. The monoisotopic (exact) mass is 240 g/mol. The highest BCUT2D eigenvalue weighted by Crippen LogP contribution is 2.27. The maximum Gasteiger partial charge on any atom is 0.138 e. The molecule has 4 nitrogen and oxygen atoms in total. The smallest absolute Gasteiger partial charge is 0.138 e. The van der Waals surface area contributed by atoms with Crippen molar-refractivity contribution in [1.82, 2.24) is 9.97 Å². The molecular formula is C14H16N4. The molecular weight excluding hydrogens is 224 g/mol. The molecule has 0 fully saturated rings. The second-order valence-corrected chi connectivity index (χ2v) is 4.69. The van der Waals surface area contributed by atoms with Crippen molar-refractivity contribution in [2.75, 3.05) is 11.1 Å². The van der Waals surface area contributed by atoms with Crippen molar-refractivity contribution in [3.63, 3.8) is 0 Å². The third-order valence-corrected chi connectivity index (χ3v) is 3.48. The molecule has 0 saturated carbocycles. The second-order valence-electron chi connectivity index (χ2n) is 4.69. The molecule has 1 aromatic carbocycles. The van der Waals surface area contributed by atoms with Crippen LogP contribution in [-0.2, 0) is 12.8 Å². The number of nitrogen functional groups attached to an aromatic ring is 1. The van der Waals surface area contributed by atoms with E-state index in [1.807, 2.05) is 6.92 Å². The number of nitrogens with zero attached hydrogens (tertiary/aromatic N) is 2. The lowest BCUT2D eigenvalue weighted by molar-refractivity contribution is 0.912. The van der Waals surface area contributed by atoms with Gasteiger partial charge in [-0.25, -0.2) is 9.97 Å². The number of rotatable bonds is 2. The van der Waals surface area contributed by atoms with E-state index in [2.05, 4.69) is 33.5 Å². The minimum absolute atomic E-state index is 0.522. The van der Waals surface area contributed by atoms with Gasteiger partial charge in [-0.05, 0) is 49.4 Å². The van der Waals surface area contributed by atoms with Crippen LogP contribution in [0.2, 0.25) is 0 Å². The maximum absolute atomic E-state index is 5.77. The van der Waals surface area contributed by atoms with Crippen LogP contribution in [0.4, 0.5) is 17.3 Å². The van der Waals surface area contributed by atoms with Crippen LogP contribution in [0.15, 0.2) is 24.5 Å². The third kappa shape index (κ3) is 1.90. The van der Waals surface area contributed by atoms with Crippen LogP contribution in [0.5, 0.6) is 0 Å². The highest BCUT2D eigenvalue weighted by molar-refractivity contribution is 5.64. The van der Waals surface area contributed by atoms with E-state index in [0.29, 0.717) is 5.82 Å². The van der Waals surface area contributed by atoms with Crippen molar-refractivity contribution < 1.29 is 0 Å². The van der Waals surface area contributed by atoms with Gasteiger partial charge < -0.3 is 11.1 Å². The molecule has 3 rings (SSSR count). The molecule has 92 valence electrons. The number of aromatic nitrogens is 2. The lowest BCUT2D eigenvalue weighted by Crippen LogP contribution is -2.02.